The van der Waals surface area contributed by atoms with E-state index in [2.05, 4.69) is 42.9 Å². The largest absolute Gasteiger partial charge is 0.0838 e. The van der Waals surface area contributed by atoms with Gasteiger partial charge in [0.15, 0.2) is 0 Å². The summed E-state index contributed by atoms with van der Waals surface area (Å²) in [6.07, 6.45) is 10.6. The highest BCUT2D eigenvalue weighted by atomic mass is 14.1. The molecule has 68 valence electrons. The van der Waals surface area contributed by atoms with Crippen LogP contribution in [0.3, 0.4) is 0 Å². The molecule has 1 aliphatic rings. The number of hydrogen-bond donors (Lipinski definition) is 0. The number of hydrogen-bond acceptors (Lipinski definition) is 0. The van der Waals surface area contributed by atoms with E-state index in [-0.39, 0.29) is 0 Å². The Morgan fingerprint density at radius 2 is 2.21 bits per heavy atom. The fourth-order valence-electron chi connectivity index (χ4n) is 1.46. The van der Waals surface area contributed by atoms with Crippen molar-refractivity contribution in [1.29, 1.82) is 0 Å². The van der Waals surface area contributed by atoms with E-state index in [0.717, 1.165) is 5.56 Å². The molecular formula is C14H12. The molecule has 0 saturated heterocycles. The third-order valence-electron chi connectivity index (χ3n) is 2.24. The van der Waals surface area contributed by atoms with Gasteiger partial charge in [0.05, 0.1) is 0 Å². The lowest BCUT2D eigenvalue weighted by atomic mass is 9.94. The summed E-state index contributed by atoms with van der Waals surface area (Å²) < 4.78 is 0. The average Bonchev–Trinajstić information content (AvgIpc) is 2.30. The molecule has 0 heterocycles. The van der Waals surface area contributed by atoms with Gasteiger partial charge in [-0.2, -0.15) is 0 Å². The monoisotopic (exact) mass is 180 g/mol. The SMILES string of the molecule is CC=C1[CH]C(c2[c]cccc2)=CC=C1. The van der Waals surface area contributed by atoms with Gasteiger partial charge in [0.2, 0.25) is 0 Å². The number of benzene rings is 1. The standard InChI is InChI=1S/C14H12/c1-2-12-7-6-10-14(11-12)13-8-4-3-5-9-13/h2-8,10-11H,1H3. The Kier molecular flexibility index (Phi) is 2.64. The molecule has 0 fully saturated rings. The molecule has 0 unspecified atom stereocenters. The van der Waals surface area contributed by atoms with E-state index in [9.17, 15) is 0 Å². The minimum atomic E-state index is 1.15. The first-order chi connectivity index (χ1) is 6.90. The van der Waals surface area contributed by atoms with Gasteiger partial charge in [-0.3, -0.25) is 0 Å². The molecule has 1 aromatic carbocycles. The Labute approximate surface area is 85.3 Å². The Balaban J connectivity index is 2.29. The molecule has 0 bridgehead atoms. The van der Waals surface area contributed by atoms with Gasteiger partial charge < -0.3 is 0 Å². The molecule has 0 spiro atoms. The zero-order chi connectivity index (χ0) is 9.80. The van der Waals surface area contributed by atoms with Crippen molar-refractivity contribution in [1.82, 2.24) is 0 Å². The minimum Gasteiger partial charge on any atom is -0.0838 e. The Morgan fingerprint density at radius 1 is 1.29 bits per heavy atom. The second-order valence-corrected chi connectivity index (χ2v) is 3.19. The van der Waals surface area contributed by atoms with E-state index in [0.29, 0.717) is 0 Å². The van der Waals surface area contributed by atoms with Crippen molar-refractivity contribution in [2.24, 2.45) is 0 Å². The first kappa shape index (κ1) is 9.01. The van der Waals surface area contributed by atoms with Crippen LogP contribution < -0.4 is 0 Å². The van der Waals surface area contributed by atoms with Gasteiger partial charge in [0, 0.05) is 6.42 Å². The summed E-state index contributed by atoms with van der Waals surface area (Å²) in [5.74, 6) is 0. The maximum absolute atomic E-state index is 3.22. The highest BCUT2D eigenvalue weighted by Crippen LogP contribution is 2.24. The van der Waals surface area contributed by atoms with E-state index in [1.165, 1.54) is 11.1 Å². The normalized spacial score (nSPS) is 18.4. The zero-order valence-electron chi connectivity index (χ0n) is 8.20. The van der Waals surface area contributed by atoms with Crippen molar-refractivity contribution in [2.75, 3.05) is 0 Å². The van der Waals surface area contributed by atoms with Crippen LogP contribution in [0.25, 0.3) is 5.57 Å². The first-order valence-corrected chi connectivity index (χ1v) is 4.76. The lowest BCUT2D eigenvalue weighted by molar-refractivity contribution is 1.46. The maximum Gasteiger partial charge on any atom is 0.0202 e. The molecule has 0 amide bonds. The molecule has 0 aromatic heterocycles. The van der Waals surface area contributed by atoms with Gasteiger partial charge in [-0.05, 0) is 29.7 Å². The summed E-state index contributed by atoms with van der Waals surface area (Å²) >= 11 is 0. The van der Waals surface area contributed by atoms with Crippen LogP contribution >= 0.6 is 0 Å². The molecular weight excluding hydrogens is 168 g/mol. The minimum absolute atomic E-state index is 1.15. The summed E-state index contributed by atoms with van der Waals surface area (Å²) in [5, 5.41) is 0. The summed E-state index contributed by atoms with van der Waals surface area (Å²) in [6.45, 7) is 2.05. The molecule has 0 aliphatic heterocycles. The topological polar surface area (TPSA) is 0 Å². The van der Waals surface area contributed by atoms with E-state index >= 15 is 0 Å². The number of allylic oxidation sites excluding steroid dienone is 6. The predicted molar refractivity (Wildman–Crippen MR) is 60.5 cm³/mol. The molecule has 1 aliphatic carbocycles. The third kappa shape index (κ3) is 1.85. The highest BCUT2D eigenvalue weighted by Gasteiger charge is 2.05. The Bertz CT molecular complexity index is 391. The first-order valence-electron chi connectivity index (χ1n) is 4.76. The van der Waals surface area contributed by atoms with E-state index in [4.69, 9.17) is 0 Å². The molecule has 0 heteroatoms. The van der Waals surface area contributed by atoms with Crippen molar-refractivity contribution in [2.45, 2.75) is 6.92 Å². The van der Waals surface area contributed by atoms with Crippen molar-refractivity contribution in [3.8, 4) is 0 Å². The van der Waals surface area contributed by atoms with Gasteiger partial charge in [0.1, 0.15) is 0 Å². The van der Waals surface area contributed by atoms with Crippen molar-refractivity contribution in [3.63, 3.8) is 0 Å². The van der Waals surface area contributed by atoms with Crippen molar-refractivity contribution >= 4 is 5.57 Å². The third-order valence-corrected chi connectivity index (χ3v) is 2.24. The van der Waals surface area contributed by atoms with Gasteiger partial charge in [-0.15, -0.1) is 0 Å². The lowest BCUT2D eigenvalue weighted by Crippen LogP contribution is -1.91. The van der Waals surface area contributed by atoms with E-state index in [1.54, 1.807) is 0 Å². The van der Waals surface area contributed by atoms with Crippen LogP contribution in [0.1, 0.15) is 12.5 Å². The van der Waals surface area contributed by atoms with Crippen LogP contribution in [0.5, 0.6) is 0 Å². The summed E-state index contributed by atoms with van der Waals surface area (Å²) in [4.78, 5) is 0. The maximum atomic E-state index is 3.22. The molecule has 0 nitrogen and oxygen atoms in total. The molecule has 2 radical (unpaired) electrons. The highest BCUT2D eigenvalue weighted by molar-refractivity contribution is 5.78. The average molecular weight is 180 g/mol. The van der Waals surface area contributed by atoms with Gasteiger partial charge >= 0.3 is 0 Å². The van der Waals surface area contributed by atoms with Crippen molar-refractivity contribution < 1.29 is 0 Å². The summed E-state index contributed by atoms with van der Waals surface area (Å²) in [7, 11) is 0. The van der Waals surface area contributed by atoms with Gasteiger partial charge in [-0.25, -0.2) is 0 Å². The second kappa shape index (κ2) is 4.10. The molecule has 0 N–H and O–H groups in total. The fraction of sp³-hybridized carbons (Fsp3) is 0.0714. The smallest absolute Gasteiger partial charge is 0.0202 e. The van der Waals surface area contributed by atoms with Crippen LogP contribution in [0.15, 0.2) is 54.1 Å². The molecule has 0 saturated carbocycles. The molecule has 0 atom stereocenters. The van der Waals surface area contributed by atoms with Crippen molar-refractivity contribution in [3.05, 3.63) is 72.2 Å². The van der Waals surface area contributed by atoms with Crippen LogP contribution in [0, 0.1) is 12.5 Å². The Morgan fingerprint density at radius 3 is 2.93 bits per heavy atom. The quantitative estimate of drug-likeness (QED) is 0.619. The second-order valence-electron chi connectivity index (χ2n) is 3.19. The van der Waals surface area contributed by atoms with Gasteiger partial charge in [0.25, 0.3) is 0 Å². The summed E-state index contributed by atoms with van der Waals surface area (Å²) in [6, 6.07) is 11.3. The van der Waals surface area contributed by atoms with E-state index < -0.39 is 0 Å². The molecule has 2 rings (SSSR count). The van der Waals surface area contributed by atoms with Crippen LogP contribution in [0.4, 0.5) is 0 Å². The van der Waals surface area contributed by atoms with Crippen LogP contribution in [-0.2, 0) is 0 Å². The molecule has 1 aromatic rings. The summed E-state index contributed by atoms with van der Waals surface area (Å²) in [5.41, 5.74) is 3.62. The Hall–Kier alpha value is -1.56. The lowest BCUT2D eigenvalue weighted by Gasteiger charge is -2.10. The number of rotatable bonds is 1. The fourth-order valence-corrected chi connectivity index (χ4v) is 1.46. The van der Waals surface area contributed by atoms with Gasteiger partial charge in [-0.1, -0.05) is 48.6 Å². The van der Waals surface area contributed by atoms with Crippen LogP contribution in [-0.4, -0.2) is 0 Å². The predicted octanol–water partition coefficient (Wildman–Crippen LogP) is 3.59. The van der Waals surface area contributed by atoms with Crippen LogP contribution in [0.2, 0.25) is 0 Å². The van der Waals surface area contributed by atoms with E-state index in [1.807, 2.05) is 25.1 Å². The molecule has 14 heavy (non-hydrogen) atoms. The zero-order valence-corrected chi connectivity index (χ0v) is 8.20.